The molecule has 0 bridgehead atoms. The Hall–Kier alpha value is -0.723. The molecule has 4 nitrogen and oxygen atoms in total. The topological polar surface area (TPSA) is 58.9 Å². The van der Waals surface area contributed by atoms with Crippen LogP contribution in [0.15, 0.2) is 30.3 Å². The van der Waals surface area contributed by atoms with Gasteiger partial charge in [0.05, 0.1) is 5.60 Å². The van der Waals surface area contributed by atoms with Gasteiger partial charge in [-0.05, 0) is 111 Å². The smallest absolute Gasteiger partial charge is 0.192 e. The van der Waals surface area contributed by atoms with Gasteiger partial charge in [-0.1, -0.05) is 65.0 Å². The van der Waals surface area contributed by atoms with Crippen molar-refractivity contribution in [1.29, 1.82) is 0 Å². The summed E-state index contributed by atoms with van der Waals surface area (Å²) in [6.45, 7) is 17.4. The third-order valence-electron chi connectivity index (χ3n) is 13.1. The summed E-state index contributed by atoms with van der Waals surface area (Å²) >= 11 is 0. The van der Waals surface area contributed by atoms with Crippen LogP contribution < -0.4 is 0 Å². The van der Waals surface area contributed by atoms with Gasteiger partial charge < -0.3 is 19.4 Å². The van der Waals surface area contributed by atoms with Gasteiger partial charge in [0.25, 0.3) is 0 Å². The minimum Gasteiger partial charge on any atom is -0.414 e. The number of hydrogen-bond donors (Lipinski definition) is 2. The Morgan fingerprint density at radius 2 is 1.64 bits per heavy atom. The lowest BCUT2D eigenvalue weighted by Crippen LogP contribution is -2.65. The predicted octanol–water partition coefficient (Wildman–Crippen LogP) is 7.83. The monoisotopic (exact) mass is 556 g/mol. The first-order valence-corrected chi connectivity index (χ1v) is 18.9. The third kappa shape index (κ3) is 4.52. The molecule has 0 aromatic heterocycles. The van der Waals surface area contributed by atoms with Crippen molar-refractivity contribution in [2.24, 2.45) is 28.6 Å². The number of ether oxygens (including phenoxy) is 1. The number of benzene rings is 1. The molecule has 0 aliphatic heterocycles. The molecule has 2 N–H and O–H groups in total. The third-order valence-corrected chi connectivity index (χ3v) is 17.6. The average Bonchev–Trinajstić information content (AvgIpc) is 3.12. The molecular formula is C34H56O4Si. The van der Waals surface area contributed by atoms with E-state index in [-0.39, 0.29) is 22.5 Å². The molecule has 5 heteroatoms. The van der Waals surface area contributed by atoms with Crippen LogP contribution in [0.25, 0.3) is 0 Å². The van der Waals surface area contributed by atoms with Crippen LogP contribution in [0.4, 0.5) is 0 Å². The van der Waals surface area contributed by atoms with E-state index in [1.165, 1.54) is 31.2 Å². The fraction of sp³-hybridized carbons (Fsp3) is 0.824. The Balaban J connectivity index is 1.40. The number of hydrogen-bond acceptors (Lipinski definition) is 4. The SMILES string of the molecule is CC(C)(C)[Si](C)(C)O[C@H]1CC[C@@]2(C)[C@@H](CC[C@@H]3[C@@H]2CC[C@]2(C)[C@@](OCCCO)(c4ccccc4)CC[C@]32O)C1. The van der Waals surface area contributed by atoms with Gasteiger partial charge in [-0.3, -0.25) is 0 Å². The van der Waals surface area contributed by atoms with Crippen LogP contribution in [0.5, 0.6) is 0 Å². The van der Waals surface area contributed by atoms with Gasteiger partial charge in [0.15, 0.2) is 8.32 Å². The van der Waals surface area contributed by atoms with E-state index in [4.69, 9.17) is 9.16 Å². The fourth-order valence-electron chi connectivity index (χ4n) is 9.68. The molecule has 0 unspecified atom stereocenters. The van der Waals surface area contributed by atoms with Crippen LogP contribution in [0.2, 0.25) is 18.1 Å². The summed E-state index contributed by atoms with van der Waals surface area (Å²) in [7, 11) is -1.78. The molecule has 0 saturated heterocycles. The highest BCUT2D eigenvalue weighted by molar-refractivity contribution is 6.74. The Morgan fingerprint density at radius 3 is 2.31 bits per heavy atom. The van der Waals surface area contributed by atoms with Crippen LogP contribution in [-0.4, -0.2) is 43.4 Å². The van der Waals surface area contributed by atoms with E-state index in [1.54, 1.807) is 0 Å². The molecular weight excluding hydrogens is 500 g/mol. The molecule has 1 aromatic carbocycles. The van der Waals surface area contributed by atoms with Crippen molar-refractivity contribution in [3.63, 3.8) is 0 Å². The van der Waals surface area contributed by atoms with Crippen molar-refractivity contribution >= 4 is 8.32 Å². The zero-order valence-corrected chi connectivity index (χ0v) is 26.9. The zero-order chi connectivity index (χ0) is 28.3. The highest BCUT2D eigenvalue weighted by Crippen LogP contribution is 2.72. The molecule has 0 radical (unpaired) electrons. The van der Waals surface area contributed by atoms with E-state index < -0.39 is 19.5 Å². The molecule has 1 aromatic rings. The number of rotatable bonds is 7. The van der Waals surface area contributed by atoms with E-state index in [2.05, 4.69) is 78.0 Å². The molecule has 220 valence electrons. The van der Waals surface area contributed by atoms with E-state index >= 15 is 0 Å². The second-order valence-electron chi connectivity index (χ2n) is 15.7. The molecule has 8 atom stereocenters. The maximum Gasteiger partial charge on any atom is 0.192 e. The van der Waals surface area contributed by atoms with Gasteiger partial charge >= 0.3 is 0 Å². The van der Waals surface area contributed by atoms with Crippen LogP contribution in [0.3, 0.4) is 0 Å². The minimum absolute atomic E-state index is 0.135. The zero-order valence-electron chi connectivity index (χ0n) is 25.9. The lowest BCUT2D eigenvalue weighted by atomic mass is 9.42. The number of fused-ring (bicyclic) bond motifs is 5. The van der Waals surface area contributed by atoms with Gasteiger partial charge in [-0.25, -0.2) is 0 Å². The largest absolute Gasteiger partial charge is 0.414 e. The molecule has 0 heterocycles. The average molecular weight is 557 g/mol. The van der Waals surface area contributed by atoms with Gasteiger partial charge in [0.2, 0.25) is 0 Å². The van der Waals surface area contributed by atoms with Crippen molar-refractivity contribution in [2.45, 2.75) is 134 Å². The Morgan fingerprint density at radius 1 is 0.923 bits per heavy atom. The van der Waals surface area contributed by atoms with E-state index in [9.17, 15) is 10.2 Å². The first kappa shape index (κ1) is 29.8. The molecule has 4 aliphatic carbocycles. The first-order chi connectivity index (χ1) is 18.2. The van der Waals surface area contributed by atoms with E-state index in [1.807, 2.05) is 0 Å². The van der Waals surface area contributed by atoms with E-state index in [0.29, 0.717) is 36.9 Å². The standard InChI is InChI=1S/C34H56O4Si/c1-30(2,3)39(6,7)38-27-16-18-31(4)26(24-27)14-15-29-28(31)17-19-32(5)33(29,36)20-21-34(32,37-23-11-22-35)25-12-9-8-10-13-25/h8-10,12-13,26-29,35-36H,11,14-24H2,1-7H3/t26-,27-,28-,29+,31-,32-,33-,34-/m0/s1. The normalized spacial score (nSPS) is 42.5. The van der Waals surface area contributed by atoms with E-state index in [0.717, 1.165) is 32.1 Å². The van der Waals surface area contributed by atoms with Crippen molar-refractivity contribution in [1.82, 2.24) is 0 Å². The van der Waals surface area contributed by atoms with Crippen molar-refractivity contribution in [3.05, 3.63) is 35.9 Å². The molecule has 39 heavy (non-hydrogen) atoms. The molecule has 0 amide bonds. The molecule has 4 saturated carbocycles. The van der Waals surface area contributed by atoms with Crippen molar-refractivity contribution in [3.8, 4) is 0 Å². The summed E-state index contributed by atoms with van der Waals surface area (Å²) in [6.07, 6.45) is 10.7. The van der Waals surface area contributed by atoms with Crippen LogP contribution in [-0.2, 0) is 14.8 Å². The highest BCUT2D eigenvalue weighted by Gasteiger charge is 2.72. The second kappa shape index (κ2) is 10.2. The highest BCUT2D eigenvalue weighted by atomic mass is 28.4. The molecule has 4 fully saturated rings. The van der Waals surface area contributed by atoms with Gasteiger partial charge in [-0.2, -0.15) is 0 Å². The predicted molar refractivity (Wildman–Crippen MR) is 161 cm³/mol. The van der Waals surface area contributed by atoms with Gasteiger partial charge in [0.1, 0.15) is 5.60 Å². The summed E-state index contributed by atoms with van der Waals surface area (Å²) in [5.41, 5.74) is -0.0986. The van der Waals surface area contributed by atoms with Crippen LogP contribution >= 0.6 is 0 Å². The summed E-state index contributed by atoms with van der Waals surface area (Å²) in [4.78, 5) is 0. The summed E-state index contributed by atoms with van der Waals surface area (Å²) in [5, 5.41) is 22.6. The fourth-order valence-corrected chi connectivity index (χ4v) is 11.1. The number of aliphatic hydroxyl groups excluding tert-OH is 1. The molecule has 4 aliphatic rings. The molecule has 5 rings (SSSR count). The maximum atomic E-state index is 12.9. The van der Waals surface area contributed by atoms with Crippen LogP contribution in [0.1, 0.15) is 104 Å². The second-order valence-corrected chi connectivity index (χ2v) is 20.4. The Bertz CT molecular complexity index is 1010. The summed E-state index contributed by atoms with van der Waals surface area (Å²) < 4.78 is 13.8. The minimum atomic E-state index is -1.78. The summed E-state index contributed by atoms with van der Waals surface area (Å²) in [5.74, 6) is 1.57. The van der Waals surface area contributed by atoms with Gasteiger partial charge in [-0.15, -0.1) is 0 Å². The quantitative estimate of drug-likeness (QED) is 0.265. The summed E-state index contributed by atoms with van der Waals surface area (Å²) in [6, 6.07) is 10.7. The number of aliphatic hydroxyl groups is 2. The first-order valence-electron chi connectivity index (χ1n) is 15.9. The molecule has 0 spiro atoms. The lowest BCUT2D eigenvalue weighted by molar-refractivity contribution is -0.249. The van der Waals surface area contributed by atoms with Crippen molar-refractivity contribution < 1.29 is 19.4 Å². The Kier molecular flexibility index (Phi) is 7.80. The lowest BCUT2D eigenvalue weighted by Gasteiger charge is -2.65. The van der Waals surface area contributed by atoms with Crippen LogP contribution in [0, 0.1) is 28.6 Å². The Labute approximate surface area is 239 Å². The maximum absolute atomic E-state index is 12.9. The van der Waals surface area contributed by atoms with Crippen molar-refractivity contribution in [2.75, 3.05) is 13.2 Å². The van der Waals surface area contributed by atoms with Gasteiger partial charge in [0, 0.05) is 24.7 Å².